The SMILES string of the molecule is Cc1oncc1C(=O)Nc1cnc(N2CCOCC2)nc1. The van der Waals surface area contributed by atoms with E-state index in [2.05, 4.69) is 20.4 Å². The highest BCUT2D eigenvalue weighted by Crippen LogP contribution is 2.13. The van der Waals surface area contributed by atoms with Gasteiger partial charge in [0.05, 0.1) is 37.5 Å². The third kappa shape index (κ3) is 3.00. The number of nitrogens with one attached hydrogen (secondary N) is 1. The summed E-state index contributed by atoms with van der Waals surface area (Å²) in [6, 6.07) is 0. The number of anilines is 2. The third-order valence-corrected chi connectivity index (χ3v) is 3.19. The van der Waals surface area contributed by atoms with Crippen LogP contribution in [0.1, 0.15) is 16.1 Å². The van der Waals surface area contributed by atoms with Crippen molar-refractivity contribution in [2.75, 3.05) is 36.5 Å². The zero-order valence-electron chi connectivity index (χ0n) is 11.6. The van der Waals surface area contributed by atoms with Crippen LogP contribution in [0, 0.1) is 6.92 Å². The van der Waals surface area contributed by atoms with Crippen LogP contribution in [-0.4, -0.2) is 47.3 Å². The number of carbonyl (C=O) groups is 1. The van der Waals surface area contributed by atoms with Crippen LogP contribution >= 0.6 is 0 Å². The molecule has 0 radical (unpaired) electrons. The summed E-state index contributed by atoms with van der Waals surface area (Å²) in [7, 11) is 0. The van der Waals surface area contributed by atoms with Crippen molar-refractivity contribution < 1.29 is 14.1 Å². The van der Waals surface area contributed by atoms with Crippen LogP contribution in [0.3, 0.4) is 0 Å². The Labute approximate surface area is 121 Å². The van der Waals surface area contributed by atoms with Gasteiger partial charge in [-0.05, 0) is 6.92 Å². The summed E-state index contributed by atoms with van der Waals surface area (Å²) in [4.78, 5) is 22.6. The molecule has 0 unspecified atom stereocenters. The summed E-state index contributed by atoms with van der Waals surface area (Å²) in [5.41, 5.74) is 0.921. The first-order chi connectivity index (χ1) is 10.2. The van der Waals surface area contributed by atoms with Crippen molar-refractivity contribution in [3.05, 3.63) is 29.9 Å². The van der Waals surface area contributed by atoms with Crippen LogP contribution in [0.15, 0.2) is 23.1 Å². The van der Waals surface area contributed by atoms with Crippen LogP contribution in [0.25, 0.3) is 0 Å². The molecule has 2 aromatic rings. The summed E-state index contributed by atoms with van der Waals surface area (Å²) in [6.07, 6.45) is 4.55. The molecule has 3 heterocycles. The number of morpholine rings is 1. The number of nitrogens with zero attached hydrogens (tertiary/aromatic N) is 4. The molecule has 1 aliphatic heterocycles. The lowest BCUT2D eigenvalue weighted by Crippen LogP contribution is -2.37. The van der Waals surface area contributed by atoms with E-state index in [1.54, 1.807) is 19.3 Å². The maximum absolute atomic E-state index is 12.0. The zero-order chi connectivity index (χ0) is 14.7. The molecule has 3 rings (SSSR count). The van der Waals surface area contributed by atoms with E-state index in [0.29, 0.717) is 36.2 Å². The highest BCUT2D eigenvalue weighted by Gasteiger charge is 2.15. The fraction of sp³-hybridized carbons (Fsp3) is 0.385. The molecule has 0 spiro atoms. The minimum atomic E-state index is -0.295. The van der Waals surface area contributed by atoms with Crippen LogP contribution in [-0.2, 0) is 4.74 Å². The Morgan fingerprint density at radius 2 is 1.95 bits per heavy atom. The van der Waals surface area contributed by atoms with Crippen molar-refractivity contribution in [3.63, 3.8) is 0 Å². The van der Waals surface area contributed by atoms with E-state index >= 15 is 0 Å². The molecule has 0 saturated carbocycles. The monoisotopic (exact) mass is 289 g/mol. The fourth-order valence-electron chi connectivity index (χ4n) is 2.03. The van der Waals surface area contributed by atoms with E-state index in [1.165, 1.54) is 6.20 Å². The number of hydrogen-bond donors (Lipinski definition) is 1. The van der Waals surface area contributed by atoms with Crippen molar-refractivity contribution in [2.45, 2.75) is 6.92 Å². The number of rotatable bonds is 3. The predicted octanol–water partition coefficient (Wildman–Crippen LogP) is 0.862. The second-order valence-corrected chi connectivity index (χ2v) is 4.62. The van der Waals surface area contributed by atoms with E-state index in [4.69, 9.17) is 9.26 Å². The summed E-state index contributed by atoms with van der Waals surface area (Å²) >= 11 is 0. The van der Waals surface area contributed by atoms with E-state index in [9.17, 15) is 4.79 Å². The van der Waals surface area contributed by atoms with Gasteiger partial charge in [-0.15, -0.1) is 0 Å². The molecule has 1 amide bonds. The average Bonchev–Trinajstić information content (AvgIpc) is 2.95. The van der Waals surface area contributed by atoms with Gasteiger partial charge in [-0.2, -0.15) is 0 Å². The summed E-state index contributed by atoms with van der Waals surface area (Å²) in [5, 5.41) is 6.28. The molecule has 8 heteroatoms. The molecule has 0 atom stereocenters. The van der Waals surface area contributed by atoms with Gasteiger partial charge in [0, 0.05) is 13.1 Å². The van der Waals surface area contributed by atoms with Gasteiger partial charge in [0.15, 0.2) is 0 Å². The third-order valence-electron chi connectivity index (χ3n) is 3.19. The lowest BCUT2D eigenvalue weighted by Gasteiger charge is -2.26. The molecule has 110 valence electrons. The molecular weight excluding hydrogens is 274 g/mol. The molecule has 0 bridgehead atoms. The molecule has 21 heavy (non-hydrogen) atoms. The smallest absolute Gasteiger partial charge is 0.260 e. The highest BCUT2D eigenvalue weighted by molar-refractivity contribution is 6.04. The van der Waals surface area contributed by atoms with Gasteiger partial charge in [-0.25, -0.2) is 9.97 Å². The first-order valence-corrected chi connectivity index (χ1v) is 6.61. The number of hydrogen-bond acceptors (Lipinski definition) is 7. The highest BCUT2D eigenvalue weighted by atomic mass is 16.5. The van der Waals surface area contributed by atoms with Crippen LogP contribution < -0.4 is 10.2 Å². The zero-order valence-corrected chi connectivity index (χ0v) is 11.6. The molecule has 8 nitrogen and oxygen atoms in total. The van der Waals surface area contributed by atoms with E-state index in [-0.39, 0.29) is 5.91 Å². The second-order valence-electron chi connectivity index (χ2n) is 4.62. The fourth-order valence-corrected chi connectivity index (χ4v) is 2.03. The van der Waals surface area contributed by atoms with Crippen molar-refractivity contribution in [3.8, 4) is 0 Å². The first-order valence-electron chi connectivity index (χ1n) is 6.61. The van der Waals surface area contributed by atoms with Crippen LogP contribution in [0.2, 0.25) is 0 Å². The van der Waals surface area contributed by atoms with E-state index in [1.807, 2.05) is 4.90 Å². The molecule has 1 fully saturated rings. The number of aromatic nitrogens is 3. The Balaban J connectivity index is 1.67. The normalized spacial score (nSPS) is 15.0. The van der Waals surface area contributed by atoms with Crippen molar-refractivity contribution in [1.29, 1.82) is 0 Å². The van der Waals surface area contributed by atoms with Crippen molar-refractivity contribution >= 4 is 17.5 Å². The van der Waals surface area contributed by atoms with Crippen LogP contribution in [0.5, 0.6) is 0 Å². The first kappa shape index (κ1) is 13.5. The molecule has 0 aliphatic carbocycles. The van der Waals surface area contributed by atoms with Gasteiger partial charge in [0.25, 0.3) is 5.91 Å². The Morgan fingerprint density at radius 1 is 1.24 bits per heavy atom. The molecular formula is C13H15N5O3. The maximum Gasteiger partial charge on any atom is 0.260 e. The molecule has 2 aromatic heterocycles. The Morgan fingerprint density at radius 3 is 2.57 bits per heavy atom. The van der Waals surface area contributed by atoms with Gasteiger partial charge in [0.1, 0.15) is 11.3 Å². The van der Waals surface area contributed by atoms with Crippen molar-refractivity contribution in [2.24, 2.45) is 0 Å². The second kappa shape index (κ2) is 5.88. The lowest BCUT2D eigenvalue weighted by molar-refractivity contribution is 0.102. The number of carbonyl (C=O) groups excluding carboxylic acids is 1. The standard InChI is InChI=1S/C13H15N5O3/c1-9-11(8-16-21-9)12(19)17-10-6-14-13(15-7-10)18-2-4-20-5-3-18/h6-8H,2-5H2,1H3,(H,17,19). The quantitative estimate of drug-likeness (QED) is 0.895. The summed E-state index contributed by atoms with van der Waals surface area (Å²) in [6.45, 7) is 4.57. The van der Waals surface area contributed by atoms with Gasteiger partial charge >= 0.3 is 0 Å². The predicted molar refractivity (Wildman–Crippen MR) is 74.3 cm³/mol. The summed E-state index contributed by atoms with van der Waals surface area (Å²) < 4.78 is 10.1. The largest absolute Gasteiger partial charge is 0.378 e. The van der Waals surface area contributed by atoms with Crippen molar-refractivity contribution in [1.82, 2.24) is 15.1 Å². The Bertz CT molecular complexity index is 619. The number of amides is 1. The molecule has 1 aliphatic rings. The topological polar surface area (TPSA) is 93.4 Å². The maximum atomic E-state index is 12.0. The Hall–Kier alpha value is -2.48. The van der Waals surface area contributed by atoms with Gasteiger partial charge < -0.3 is 19.5 Å². The van der Waals surface area contributed by atoms with Crippen LogP contribution in [0.4, 0.5) is 11.6 Å². The molecule has 0 aromatic carbocycles. The lowest BCUT2D eigenvalue weighted by atomic mass is 10.2. The van der Waals surface area contributed by atoms with E-state index < -0.39 is 0 Å². The average molecular weight is 289 g/mol. The van der Waals surface area contributed by atoms with Gasteiger partial charge in [0.2, 0.25) is 5.95 Å². The van der Waals surface area contributed by atoms with E-state index in [0.717, 1.165) is 13.1 Å². The molecule has 1 saturated heterocycles. The minimum absolute atomic E-state index is 0.295. The number of ether oxygens (including phenoxy) is 1. The Kier molecular flexibility index (Phi) is 3.78. The summed E-state index contributed by atoms with van der Waals surface area (Å²) in [5.74, 6) is 0.812. The van der Waals surface area contributed by atoms with Gasteiger partial charge in [-0.3, -0.25) is 4.79 Å². The number of aryl methyl sites for hydroxylation is 1. The van der Waals surface area contributed by atoms with Gasteiger partial charge in [-0.1, -0.05) is 5.16 Å². The molecule has 1 N–H and O–H groups in total. The minimum Gasteiger partial charge on any atom is -0.378 e.